The van der Waals surface area contributed by atoms with Crippen molar-refractivity contribution >= 4 is 0 Å². The van der Waals surface area contributed by atoms with Gasteiger partial charge in [0.25, 0.3) is 0 Å². The molecular formula is C11H12F3O2. The summed E-state index contributed by atoms with van der Waals surface area (Å²) in [5.74, 6) is -0.223. The second kappa shape index (κ2) is 5.09. The van der Waals surface area contributed by atoms with E-state index in [2.05, 4.69) is 10.8 Å². The number of aryl methyl sites for hydroxylation is 1. The Hall–Kier alpha value is -1.39. The topological polar surface area (TPSA) is 18.5 Å². The molecular weight excluding hydrogens is 221 g/mol. The van der Waals surface area contributed by atoms with E-state index in [1.807, 2.05) is 6.92 Å². The number of hydrogen-bond donors (Lipinski definition) is 0. The SMILES string of the molecule is CCCc1c[c]cc(OC(F)(F)F)c1OC. The van der Waals surface area contributed by atoms with Crippen molar-refractivity contribution in [2.45, 2.75) is 26.1 Å². The lowest BCUT2D eigenvalue weighted by Crippen LogP contribution is -2.17. The van der Waals surface area contributed by atoms with Gasteiger partial charge in [-0.25, -0.2) is 0 Å². The normalized spacial score (nSPS) is 11.3. The highest BCUT2D eigenvalue weighted by Gasteiger charge is 2.32. The maximum absolute atomic E-state index is 12.1. The molecule has 5 heteroatoms. The van der Waals surface area contributed by atoms with Gasteiger partial charge in [-0.3, -0.25) is 0 Å². The molecule has 0 unspecified atom stereocenters. The van der Waals surface area contributed by atoms with Gasteiger partial charge >= 0.3 is 6.36 Å². The van der Waals surface area contributed by atoms with E-state index in [0.717, 1.165) is 12.5 Å². The van der Waals surface area contributed by atoms with Crippen LogP contribution in [0.5, 0.6) is 11.5 Å². The highest BCUT2D eigenvalue weighted by molar-refractivity contribution is 5.46. The maximum atomic E-state index is 12.1. The minimum Gasteiger partial charge on any atom is -0.493 e. The van der Waals surface area contributed by atoms with E-state index < -0.39 is 6.36 Å². The molecule has 0 aliphatic heterocycles. The molecule has 0 N–H and O–H groups in total. The zero-order valence-electron chi connectivity index (χ0n) is 9.02. The molecule has 1 aromatic carbocycles. The number of benzene rings is 1. The third-order valence-electron chi connectivity index (χ3n) is 1.94. The molecule has 16 heavy (non-hydrogen) atoms. The van der Waals surface area contributed by atoms with Gasteiger partial charge in [-0.15, -0.1) is 13.2 Å². The first-order chi connectivity index (χ1) is 7.48. The van der Waals surface area contributed by atoms with Gasteiger partial charge in [0, 0.05) is 0 Å². The Kier molecular flexibility index (Phi) is 4.04. The first kappa shape index (κ1) is 12.7. The summed E-state index contributed by atoms with van der Waals surface area (Å²) in [5.41, 5.74) is 0.659. The molecule has 0 atom stereocenters. The van der Waals surface area contributed by atoms with Crippen LogP contribution in [0.3, 0.4) is 0 Å². The Morgan fingerprint density at radius 3 is 2.50 bits per heavy atom. The summed E-state index contributed by atoms with van der Waals surface area (Å²) >= 11 is 0. The highest BCUT2D eigenvalue weighted by Crippen LogP contribution is 2.35. The van der Waals surface area contributed by atoms with Crippen LogP contribution in [0.1, 0.15) is 18.9 Å². The summed E-state index contributed by atoms with van der Waals surface area (Å²) in [5, 5.41) is 0. The van der Waals surface area contributed by atoms with E-state index in [0.29, 0.717) is 12.0 Å². The molecule has 0 spiro atoms. The van der Waals surface area contributed by atoms with E-state index in [9.17, 15) is 13.2 Å². The molecule has 1 rings (SSSR count). The Balaban J connectivity index is 3.04. The average molecular weight is 233 g/mol. The molecule has 89 valence electrons. The lowest BCUT2D eigenvalue weighted by Gasteiger charge is -2.14. The van der Waals surface area contributed by atoms with Crippen LogP contribution >= 0.6 is 0 Å². The van der Waals surface area contributed by atoms with Crippen molar-refractivity contribution in [2.75, 3.05) is 7.11 Å². The third kappa shape index (κ3) is 3.32. The molecule has 2 nitrogen and oxygen atoms in total. The van der Waals surface area contributed by atoms with Crippen molar-refractivity contribution in [1.29, 1.82) is 0 Å². The molecule has 0 bridgehead atoms. The van der Waals surface area contributed by atoms with Crippen LogP contribution in [-0.4, -0.2) is 13.5 Å². The lowest BCUT2D eigenvalue weighted by atomic mass is 10.1. The molecule has 0 heterocycles. The minimum atomic E-state index is -4.72. The fourth-order valence-electron chi connectivity index (χ4n) is 1.39. The number of ether oxygens (including phenoxy) is 2. The van der Waals surface area contributed by atoms with Gasteiger partial charge < -0.3 is 9.47 Å². The number of rotatable bonds is 4. The summed E-state index contributed by atoms with van der Waals surface area (Å²) < 4.78 is 45.0. The molecule has 1 aromatic rings. The molecule has 0 aliphatic rings. The summed E-state index contributed by atoms with van der Waals surface area (Å²) in [4.78, 5) is 0. The van der Waals surface area contributed by atoms with Gasteiger partial charge in [-0.1, -0.05) is 13.3 Å². The maximum Gasteiger partial charge on any atom is 0.573 e. The molecule has 0 aliphatic carbocycles. The van der Waals surface area contributed by atoms with Crippen LogP contribution in [-0.2, 0) is 6.42 Å². The van der Waals surface area contributed by atoms with Crippen LogP contribution in [0.15, 0.2) is 12.1 Å². The van der Waals surface area contributed by atoms with Gasteiger partial charge in [0.05, 0.1) is 7.11 Å². The summed E-state index contributed by atoms with van der Waals surface area (Å²) in [6.07, 6.45) is -3.29. The van der Waals surface area contributed by atoms with E-state index in [-0.39, 0.29) is 11.5 Å². The van der Waals surface area contributed by atoms with Gasteiger partial charge in [-0.05, 0) is 30.2 Å². The van der Waals surface area contributed by atoms with E-state index in [4.69, 9.17) is 4.74 Å². The number of methoxy groups -OCH3 is 1. The van der Waals surface area contributed by atoms with E-state index >= 15 is 0 Å². The fourth-order valence-corrected chi connectivity index (χ4v) is 1.39. The molecule has 1 radical (unpaired) electrons. The van der Waals surface area contributed by atoms with Crippen molar-refractivity contribution in [3.63, 3.8) is 0 Å². The Morgan fingerprint density at radius 2 is 2.00 bits per heavy atom. The Labute approximate surface area is 92.0 Å². The van der Waals surface area contributed by atoms with Gasteiger partial charge in [-0.2, -0.15) is 0 Å². The first-order valence-corrected chi connectivity index (χ1v) is 4.80. The summed E-state index contributed by atoms with van der Waals surface area (Å²) in [7, 11) is 1.32. The van der Waals surface area contributed by atoms with Crippen LogP contribution in [0.4, 0.5) is 13.2 Å². The minimum absolute atomic E-state index is 0.123. The summed E-state index contributed by atoms with van der Waals surface area (Å²) in [6.45, 7) is 1.93. The van der Waals surface area contributed by atoms with Crippen LogP contribution < -0.4 is 9.47 Å². The average Bonchev–Trinajstić information content (AvgIpc) is 2.16. The molecule has 0 fully saturated rings. The first-order valence-electron chi connectivity index (χ1n) is 4.80. The van der Waals surface area contributed by atoms with Crippen molar-refractivity contribution in [1.82, 2.24) is 0 Å². The van der Waals surface area contributed by atoms with Crippen molar-refractivity contribution in [3.05, 3.63) is 23.8 Å². The number of hydrogen-bond acceptors (Lipinski definition) is 2. The summed E-state index contributed by atoms with van der Waals surface area (Å²) in [6, 6.07) is 5.33. The Morgan fingerprint density at radius 1 is 1.31 bits per heavy atom. The van der Waals surface area contributed by atoms with Crippen LogP contribution in [0, 0.1) is 6.07 Å². The number of halogens is 3. The second-order valence-corrected chi connectivity index (χ2v) is 3.18. The highest BCUT2D eigenvalue weighted by atomic mass is 19.4. The smallest absolute Gasteiger partial charge is 0.493 e. The molecule has 0 saturated heterocycles. The largest absolute Gasteiger partial charge is 0.573 e. The Bertz CT molecular complexity index is 348. The second-order valence-electron chi connectivity index (χ2n) is 3.18. The van der Waals surface area contributed by atoms with Gasteiger partial charge in [0.1, 0.15) is 0 Å². The van der Waals surface area contributed by atoms with Crippen molar-refractivity contribution < 1.29 is 22.6 Å². The lowest BCUT2D eigenvalue weighted by molar-refractivity contribution is -0.275. The molecule has 0 saturated carbocycles. The van der Waals surface area contributed by atoms with Crippen molar-refractivity contribution in [2.24, 2.45) is 0 Å². The quantitative estimate of drug-likeness (QED) is 0.794. The molecule has 0 amide bonds. The van der Waals surface area contributed by atoms with Crippen molar-refractivity contribution in [3.8, 4) is 11.5 Å². The zero-order valence-corrected chi connectivity index (χ0v) is 9.02. The fraction of sp³-hybridized carbons (Fsp3) is 0.455. The third-order valence-corrected chi connectivity index (χ3v) is 1.94. The van der Waals surface area contributed by atoms with Gasteiger partial charge in [0.15, 0.2) is 11.5 Å². The van der Waals surface area contributed by atoms with E-state index in [1.165, 1.54) is 7.11 Å². The standard InChI is InChI=1S/C11H12F3O2/c1-3-5-8-6-4-7-9(10(8)15-2)16-11(12,13)14/h6-7H,3,5H2,1-2H3. The predicted octanol–water partition coefficient (Wildman–Crippen LogP) is 3.35. The van der Waals surface area contributed by atoms with Crippen LogP contribution in [0.2, 0.25) is 0 Å². The van der Waals surface area contributed by atoms with Crippen LogP contribution in [0.25, 0.3) is 0 Å². The van der Waals surface area contributed by atoms with Gasteiger partial charge in [0.2, 0.25) is 0 Å². The molecule has 0 aromatic heterocycles. The predicted molar refractivity (Wildman–Crippen MR) is 52.5 cm³/mol. The zero-order chi connectivity index (χ0) is 12.2. The monoisotopic (exact) mass is 233 g/mol. The van der Waals surface area contributed by atoms with E-state index in [1.54, 1.807) is 6.07 Å². The number of alkyl halides is 3.